The second kappa shape index (κ2) is 9.62. The Balaban J connectivity index is 1.54. The molecule has 0 fully saturated rings. The molecule has 5 rings (SSSR count). The number of nitrogens with zero attached hydrogens (tertiary/aromatic N) is 3. The first-order chi connectivity index (χ1) is 17.3. The number of aryl methyl sites for hydroxylation is 2. The highest BCUT2D eigenvalue weighted by atomic mass is 32.2. The van der Waals surface area contributed by atoms with Gasteiger partial charge in [0.1, 0.15) is 0 Å². The zero-order valence-corrected chi connectivity index (χ0v) is 21.1. The maximum absolute atomic E-state index is 13.6. The SMILES string of the molecule is Cc1ccc(-n2c(SCC(=O)N3c4ccccc4NC(=O)CC3C)nc3ccccc3c2=O)c(C)c1. The summed E-state index contributed by atoms with van der Waals surface area (Å²) in [6.07, 6.45) is 0.201. The summed E-state index contributed by atoms with van der Waals surface area (Å²) < 4.78 is 1.60. The van der Waals surface area contributed by atoms with Crippen molar-refractivity contribution in [2.45, 2.75) is 38.4 Å². The fraction of sp³-hybridized carbons (Fsp3) is 0.214. The quantitative estimate of drug-likeness (QED) is 0.321. The van der Waals surface area contributed by atoms with Gasteiger partial charge in [-0.1, -0.05) is 53.7 Å². The molecule has 3 aromatic carbocycles. The molecule has 36 heavy (non-hydrogen) atoms. The summed E-state index contributed by atoms with van der Waals surface area (Å²) in [7, 11) is 0. The predicted octanol–water partition coefficient (Wildman–Crippen LogP) is 4.86. The van der Waals surface area contributed by atoms with Gasteiger partial charge in [0.2, 0.25) is 11.8 Å². The molecule has 7 nitrogen and oxygen atoms in total. The summed E-state index contributed by atoms with van der Waals surface area (Å²) in [6.45, 7) is 5.83. The van der Waals surface area contributed by atoms with E-state index in [0.29, 0.717) is 27.4 Å². The summed E-state index contributed by atoms with van der Waals surface area (Å²) >= 11 is 1.23. The first-order valence-electron chi connectivity index (χ1n) is 11.8. The standard InChI is InChI=1S/C28H26N4O3S/c1-17-12-13-23(18(2)14-17)32-27(35)20-8-4-5-9-21(20)30-28(32)36-16-26(34)31-19(3)15-25(33)29-22-10-6-7-11-24(22)31/h4-14,19H,15-16H2,1-3H3,(H,29,33). The van der Waals surface area contributed by atoms with Crippen LogP contribution in [0.4, 0.5) is 11.4 Å². The first kappa shape index (κ1) is 23.8. The maximum atomic E-state index is 13.6. The molecule has 8 heteroatoms. The molecule has 0 spiro atoms. The molecule has 1 aromatic heterocycles. The van der Waals surface area contributed by atoms with Gasteiger partial charge in [-0.15, -0.1) is 0 Å². The number of aromatic nitrogens is 2. The van der Waals surface area contributed by atoms with Crippen molar-refractivity contribution in [1.82, 2.24) is 9.55 Å². The Kier molecular flexibility index (Phi) is 6.36. The van der Waals surface area contributed by atoms with Crippen molar-refractivity contribution in [2.24, 2.45) is 0 Å². The molecule has 0 aliphatic carbocycles. The van der Waals surface area contributed by atoms with Crippen molar-refractivity contribution in [3.8, 4) is 5.69 Å². The van der Waals surface area contributed by atoms with Crippen LogP contribution in [0.1, 0.15) is 24.5 Å². The molecule has 1 aliphatic heterocycles. The van der Waals surface area contributed by atoms with Crippen LogP contribution in [0, 0.1) is 13.8 Å². The van der Waals surface area contributed by atoms with Crippen LogP contribution in [-0.4, -0.2) is 33.2 Å². The average molecular weight is 499 g/mol. The molecule has 1 N–H and O–H groups in total. The van der Waals surface area contributed by atoms with E-state index in [9.17, 15) is 14.4 Å². The van der Waals surface area contributed by atoms with Crippen LogP contribution < -0.4 is 15.8 Å². The number of benzene rings is 3. The Labute approximate surface area is 213 Å². The predicted molar refractivity (Wildman–Crippen MR) is 144 cm³/mol. The van der Waals surface area contributed by atoms with Gasteiger partial charge in [-0.05, 0) is 56.7 Å². The van der Waals surface area contributed by atoms with Gasteiger partial charge in [0.25, 0.3) is 5.56 Å². The van der Waals surface area contributed by atoms with E-state index in [1.54, 1.807) is 27.7 Å². The summed E-state index contributed by atoms with van der Waals surface area (Å²) in [5.74, 6) is -0.230. The number of para-hydroxylation sites is 3. The molecule has 2 amide bonds. The number of anilines is 2. The van der Waals surface area contributed by atoms with E-state index in [-0.39, 0.29) is 35.6 Å². The van der Waals surface area contributed by atoms with Crippen LogP contribution in [-0.2, 0) is 9.59 Å². The minimum atomic E-state index is -0.312. The minimum absolute atomic E-state index is 0.0581. The van der Waals surface area contributed by atoms with E-state index >= 15 is 0 Å². The normalized spacial score (nSPS) is 15.4. The molecular weight excluding hydrogens is 472 g/mol. The molecule has 1 atom stereocenters. The third kappa shape index (κ3) is 4.40. The highest BCUT2D eigenvalue weighted by Crippen LogP contribution is 2.32. The van der Waals surface area contributed by atoms with Crippen LogP contribution in [0.3, 0.4) is 0 Å². The fourth-order valence-corrected chi connectivity index (χ4v) is 5.51. The lowest BCUT2D eigenvalue weighted by atomic mass is 10.1. The summed E-state index contributed by atoms with van der Waals surface area (Å²) in [5.41, 5.74) is 4.47. The van der Waals surface area contributed by atoms with Crippen molar-refractivity contribution >= 4 is 45.9 Å². The highest BCUT2D eigenvalue weighted by molar-refractivity contribution is 7.99. The van der Waals surface area contributed by atoms with E-state index in [2.05, 4.69) is 5.32 Å². The smallest absolute Gasteiger partial charge is 0.266 e. The molecule has 2 heterocycles. The number of amides is 2. The topological polar surface area (TPSA) is 84.3 Å². The van der Waals surface area contributed by atoms with Crippen molar-refractivity contribution < 1.29 is 9.59 Å². The number of carbonyl (C=O) groups excluding carboxylic acids is 2. The second-order valence-electron chi connectivity index (χ2n) is 9.01. The Morgan fingerprint density at radius 3 is 2.58 bits per heavy atom. The molecule has 1 aliphatic rings. The molecule has 4 aromatic rings. The van der Waals surface area contributed by atoms with Crippen molar-refractivity contribution in [2.75, 3.05) is 16.0 Å². The lowest BCUT2D eigenvalue weighted by Crippen LogP contribution is -2.40. The Morgan fingerprint density at radius 2 is 1.78 bits per heavy atom. The third-order valence-corrected chi connectivity index (χ3v) is 7.21. The monoisotopic (exact) mass is 498 g/mol. The van der Waals surface area contributed by atoms with Gasteiger partial charge in [-0.3, -0.25) is 19.0 Å². The van der Waals surface area contributed by atoms with E-state index in [4.69, 9.17) is 4.98 Å². The number of rotatable bonds is 4. The minimum Gasteiger partial charge on any atom is -0.324 e. The van der Waals surface area contributed by atoms with Gasteiger partial charge < -0.3 is 10.2 Å². The number of hydrogen-bond donors (Lipinski definition) is 1. The lowest BCUT2D eigenvalue weighted by molar-refractivity contribution is -0.117. The van der Waals surface area contributed by atoms with Crippen molar-refractivity contribution in [3.63, 3.8) is 0 Å². The van der Waals surface area contributed by atoms with E-state index in [1.807, 2.05) is 69.3 Å². The zero-order valence-electron chi connectivity index (χ0n) is 20.3. The average Bonchev–Trinajstić information content (AvgIpc) is 2.97. The lowest BCUT2D eigenvalue weighted by Gasteiger charge is -2.27. The van der Waals surface area contributed by atoms with Gasteiger partial charge in [-0.2, -0.15) is 0 Å². The molecule has 0 radical (unpaired) electrons. The summed E-state index contributed by atoms with van der Waals surface area (Å²) in [4.78, 5) is 45.9. The molecular formula is C28H26N4O3S. The Bertz CT molecular complexity index is 1560. The molecule has 0 saturated heterocycles. The van der Waals surface area contributed by atoms with Crippen LogP contribution >= 0.6 is 11.8 Å². The van der Waals surface area contributed by atoms with Crippen LogP contribution in [0.25, 0.3) is 16.6 Å². The van der Waals surface area contributed by atoms with Gasteiger partial charge in [0.05, 0.1) is 33.7 Å². The van der Waals surface area contributed by atoms with Crippen LogP contribution in [0.15, 0.2) is 76.7 Å². The van der Waals surface area contributed by atoms with Crippen molar-refractivity contribution in [3.05, 3.63) is 88.2 Å². The van der Waals surface area contributed by atoms with E-state index < -0.39 is 0 Å². The summed E-state index contributed by atoms with van der Waals surface area (Å²) in [5, 5.41) is 3.85. The van der Waals surface area contributed by atoms with Gasteiger partial charge >= 0.3 is 0 Å². The maximum Gasteiger partial charge on any atom is 0.266 e. The zero-order chi connectivity index (χ0) is 25.4. The van der Waals surface area contributed by atoms with Gasteiger partial charge in [-0.25, -0.2) is 4.98 Å². The van der Waals surface area contributed by atoms with Crippen molar-refractivity contribution in [1.29, 1.82) is 0 Å². The number of thioether (sulfide) groups is 1. The first-order valence-corrected chi connectivity index (χ1v) is 12.7. The molecule has 182 valence electrons. The Morgan fingerprint density at radius 1 is 1.03 bits per heavy atom. The van der Waals surface area contributed by atoms with Crippen LogP contribution in [0.5, 0.6) is 0 Å². The second-order valence-corrected chi connectivity index (χ2v) is 9.96. The Hall–Kier alpha value is -3.91. The number of nitrogens with one attached hydrogen (secondary N) is 1. The fourth-order valence-electron chi connectivity index (χ4n) is 4.64. The number of hydrogen-bond acceptors (Lipinski definition) is 5. The third-order valence-electron chi connectivity index (χ3n) is 6.29. The number of fused-ring (bicyclic) bond motifs is 2. The molecule has 0 saturated carbocycles. The van der Waals surface area contributed by atoms with Crippen LogP contribution in [0.2, 0.25) is 0 Å². The molecule has 0 bridgehead atoms. The number of carbonyl (C=O) groups is 2. The summed E-state index contributed by atoms with van der Waals surface area (Å²) in [6, 6.07) is 20.1. The molecule has 1 unspecified atom stereocenters. The van der Waals surface area contributed by atoms with E-state index in [1.165, 1.54) is 11.8 Å². The highest BCUT2D eigenvalue weighted by Gasteiger charge is 2.30. The van der Waals surface area contributed by atoms with Gasteiger partial charge in [0, 0.05) is 12.5 Å². The van der Waals surface area contributed by atoms with E-state index in [0.717, 1.165) is 16.8 Å². The van der Waals surface area contributed by atoms with Gasteiger partial charge in [0.15, 0.2) is 5.16 Å². The largest absolute Gasteiger partial charge is 0.324 e.